The fourth-order valence-electron chi connectivity index (χ4n) is 4.50. The Morgan fingerprint density at radius 3 is 1.70 bits per heavy atom. The molecule has 0 aliphatic heterocycles. The Hall–Kier alpha value is -0.410. The minimum Gasteiger partial charge on any atom is -0.396 e. The van der Waals surface area contributed by atoms with Crippen LogP contribution in [0.25, 0.3) is 0 Å². The van der Waals surface area contributed by atoms with Crippen molar-refractivity contribution in [2.45, 2.75) is 148 Å². The van der Waals surface area contributed by atoms with Crippen LogP contribution in [0.4, 0.5) is 0 Å². The number of hydrogen-bond acceptors (Lipinski definition) is 3. The molecule has 0 saturated heterocycles. The van der Waals surface area contributed by atoms with E-state index in [1.807, 2.05) is 7.11 Å². The maximum atomic E-state index is 12.1. The highest BCUT2D eigenvalue weighted by Crippen LogP contribution is 2.25. The number of carbonyl (C=O) groups excluding carboxylic acids is 1. The molecule has 0 aromatic heterocycles. The van der Waals surface area contributed by atoms with E-state index in [1.165, 1.54) is 70.6 Å². The lowest BCUT2D eigenvalue weighted by molar-refractivity contribution is -0.119. The van der Waals surface area contributed by atoms with E-state index in [4.69, 9.17) is 4.74 Å². The van der Waals surface area contributed by atoms with Gasteiger partial charge in [-0.1, -0.05) is 90.9 Å². The Balaban J connectivity index is 4.03. The van der Waals surface area contributed by atoms with Crippen molar-refractivity contribution in [3.05, 3.63) is 0 Å². The summed E-state index contributed by atoms with van der Waals surface area (Å²) in [5, 5.41) is 9.28. The van der Waals surface area contributed by atoms with Crippen LogP contribution in [0.2, 0.25) is 0 Å². The van der Waals surface area contributed by atoms with E-state index in [-0.39, 0.29) is 6.61 Å². The van der Waals surface area contributed by atoms with Crippen molar-refractivity contribution in [3.63, 3.8) is 0 Å². The van der Waals surface area contributed by atoms with E-state index < -0.39 is 0 Å². The maximum absolute atomic E-state index is 12.1. The van der Waals surface area contributed by atoms with Crippen molar-refractivity contribution in [1.29, 1.82) is 0 Å². The molecule has 180 valence electrons. The van der Waals surface area contributed by atoms with Crippen molar-refractivity contribution in [2.75, 3.05) is 13.7 Å². The van der Waals surface area contributed by atoms with Crippen molar-refractivity contribution in [2.24, 2.45) is 5.92 Å². The molecule has 2 unspecified atom stereocenters. The van der Waals surface area contributed by atoms with Gasteiger partial charge < -0.3 is 9.84 Å². The van der Waals surface area contributed by atoms with Crippen molar-refractivity contribution in [3.8, 4) is 0 Å². The summed E-state index contributed by atoms with van der Waals surface area (Å²) < 4.78 is 5.86. The van der Waals surface area contributed by atoms with Crippen molar-refractivity contribution in [1.82, 2.24) is 0 Å². The first-order valence-electron chi connectivity index (χ1n) is 13.3. The summed E-state index contributed by atoms with van der Waals surface area (Å²) in [4.78, 5) is 12.1. The minimum atomic E-state index is 0.265. The number of hydrogen-bond donors (Lipinski definition) is 1. The van der Waals surface area contributed by atoms with Crippen LogP contribution in [-0.4, -0.2) is 30.7 Å². The number of methoxy groups -OCH3 is 1. The first-order valence-corrected chi connectivity index (χ1v) is 13.3. The van der Waals surface area contributed by atoms with E-state index in [2.05, 4.69) is 13.8 Å². The number of Topliss-reactive ketones (excluding diaryl/α,β-unsaturated/α-hetero) is 1. The summed E-state index contributed by atoms with van der Waals surface area (Å²) in [5.74, 6) is 0.972. The first kappa shape index (κ1) is 29.6. The molecule has 0 aliphatic rings. The predicted octanol–water partition coefficient (Wildman–Crippen LogP) is 8.02. The largest absolute Gasteiger partial charge is 0.396 e. The number of ether oxygens (including phenoxy) is 1. The first-order chi connectivity index (χ1) is 14.7. The quantitative estimate of drug-likeness (QED) is 0.159. The standard InChI is InChI=1S/C27H54O3/c1-4-6-8-10-12-14-21-26(29)22-17-16-19-25(20-18-24-28)27(30-3)23-15-13-11-9-7-5-2/h25,27-28H,4-24H2,1-3H3. The normalized spacial score (nSPS) is 13.5. The van der Waals surface area contributed by atoms with Crippen molar-refractivity contribution >= 4 is 5.78 Å². The lowest BCUT2D eigenvalue weighted by Gasteiger charge is -2.26. The Morgan fingerprint density at radius 1 is 0.667 bits per heavy atom. The molecule has 0 radical (unpaired) electrons. The third kappa shape index (κ3) is 18.4. The van der Waals surface area contributed by atoms with E-state index in [0.29, 0.717) is 17.8 Å². The average Bonchev–Trinajstić information content (AvgIpc) is 2.75. The summed E-state index contributed by atoms with van der Waals surface area (Å²) in [6, 6.07) is 0. The van der Waals surface area contributed by atoms with Crippen LogP contribution in [-0.2, 0) is 9.53 Å². The van der Waals surface area contributed by atoms with Gasteiger partial charge in [0.15, 0.2) is 0 Å². The molecule has 0 aliphatic carbocycles. The van der Waals surface area contributed by atoms with Gasteiger partial charge in [-0.2, -0.15) is 0 Å². The number of rotatable bonds is 24. The topological polar surface area (TPSA) is 46.5 Å². The van der Waals surface area contributed by atoms with E-state index in [0.717, 1.165) is 57.8 Å². The molecule has 30 heavy (non-hydrogen) atoms. The molecule has 2 atom stereocenters. The van der Waals surface area contributed by atoms with Crippen LogP contribution >= 0.6 is 0 Å². The van der Waals surface area contributed by atoms with Crippen LogP contribution in [0.1, 0.15) is 142 Å². The van der Waals surface area contributed by atoms with Gasteiger partial charge in [-0.3, -0.25) is 4.79 Å². The van der Waals surface area contributed by atoms with Crippen molar-refractivity contribution < 1.29 is 14.6 Å². The van der Waals surface area contributed by atoms with Gasteiger partial charge in [0.1, 0.15) is 5.78 Å². The number of unbranched alkanes of at least 4 members (excludes halogenated alkanes) is 11. The molecule has 0 aromatic carbocycles. The molecule has 0 rings (SSSR count). The summed E-state index contributed by atoms with van der Waals surface area (Å²) >= 11 is 0. The van der Waals surface area contributed by atoms with Gasteiger partial charge in [0, 0.05) is 26.6 Å². The molecular weight excluding hydrogens is 372 g/mol. The lowest BCUT2D eigenvalue weighted by atomic mass is 9.87. The Morgan fingerprint density at radius 2 is 1.13 bits per heavy atom. The van der Waals surface area contributed by atoms with Gasteiger partial charge in [0.2, 0.25) is 0 Å². The smallest absolute Gasteiger partial charge is 0.132 e. The van der Waals surface area contributed by atoms with Crippen LogP contribution in [0, 0.1) is 5.92 Å². The van der Waals surface area contributed by atoms with Gasteiger partial charge in [-0.25, -0.2) is 0 Å². The summed E-state index contributed by atoms with van der Waals surface area (Å²) in [6.45, 7) is 4.76. The van der Waals surface area contributed by atoms with E-state index in [9.17, 15) is 9.90 Å². The molecule has 0 saturated carbocycles. The second kappa shape index (κ2) is 23.3. The number of ketones is 1. The maximum Gasteiger partial charge on any atom is 0.132 e. The molecule has 1 N–H and O–H groups in total. The molecule has 3 heteroatoms. The zero-order valence-electron chi connectivity index (χ0n) is 20.8. The molecule has 0 fully saturated rings. The highest BCUT2D eigenvalue weighted by atomic mass is 16.5. The van der Waals surface area contributed by atoms with Crippen LogP contribution in [0.3, 0.4) is 0 Å². The average molecular weight is 427 g/mol. The van der Waals surface area contributed by atoms with Gasteiger partial charge in [0.05, 0.1) is 6.10 Å². The Kier molecular flexibility index (Phi) is 22.9. The summed E-state index contributed by atoms with van der Waals surface area (Å²) in [7, 11) is 1.84. The monoisotopic (exact) mass is 426 g/mol. The van der Waals surface area contributed by atoms with Gasteiger partial charge in [-0.15, -0.1) is 0 Å². The van der Waals surface area contributed by atoms with E-state index >= 15 is 0 Å². The SMILES string of the molecule is CCCCCCCCC(=O)CCCCC(CCCO)C(CCCCCCCC)OC. The number of aliphatic hydroxyl groups is 1. The van der Waals surface area contributed by atoms with Gasteiger partial charge in [-0.05, 0) is 44.4 Å². The molecule has 0 spiro atoms. The predicted molar refractivity (Wildman–Crippen MR) is 130 cm³/mol. The van der Waals surface area contributed by atoms with Crippen LogP contribution in [0.5, 0.6) is 0 Å². The third-order valence-corrected chi connectivity index (χ3v) is 6.49. The van der Waals surface area contributed by atoms with E-state index in [1.54, 1.807) is 0 Å². The highest BCUT2D eigenvalue weighted by molar-refractivity contribution is 5.78. The molecule has 0 bridgehead atoms. The molecule has 3 nitrogen and oxygen atoms in total. The lowest BCUT2D eigenvalue weighted by Crippen LogP contribution is -2.23. The van der Waals surface area contributed by atoms with Crippen LogP contribution < -0.4 is 0 Å². The number of aliphatic hydroxyl groups excluding tert-OH is 1. The second-order valence-electron chi connectivity index (χ2n) is 9.26. The summed E-state index contributed by atoms with van der Waals surface area (Å²) in [5.41, 5.74) is 0. The molecular formula is C27H54O3. The molecule has 0 aromatic rings. The number of carbonyl (C=O) groups is 1. The molecule has 0 amide bonds. The van der Waals surface area contributed by atoms with Crippen LogP contribution in [0.15, 0.2) is 0 Å². The zero-order chi connectivity index (χ0) is 22.3. The fraction of sp³-hybridized carbons (Fsp3) is 0.963. The third-order valence-electron chi connectivity index (χ3n) is 6.49. The fourth-order valence-corrected chi connectivity index (χ4v) is 4.50. The minimum absolute atomic E-state index is 0.265. The van der Waals surface area contributed by atoms with Gasteiger partial charge in [0.25, 0.3) is 0 Å². The Bertz CT molecular complexity index is 356. The Labute approximate surface area is 188 Å². The highest BCUT2D eigenvalue weighted by Gasteiger charge is 2.20. The van der Waals surface area contributed by atoms with Gasteiger partial charge >= 0.3 is 0 Å². The zero-order valence-corrected chi connectivity index (χ0v) is 20.8. The second-order valence-corrected chi connectivity index (χ2v) is 9.26. The summed E-state index contributed by atoms with van der Waals surface area (Å²) in [6.07, 6.45) is 23.5. The molecule has 0 heterocycles.